The third kappa shape index (κ3) is 3.33. The van der Waals surface area contributed by atoms with E-state index in [2.05, 4.69) is 31.3 Å². The Labute approximate surface area is 109 Å². The van der Waals surface area contributed by atoms with Crippen molar-refractivity contribution in [3.8, 4) is 0 Å². The van der Waals surface area contributed by atoms with Crippen molar-refractivity contribution >= 4 is 5.91 Å². The van der Waals surface area contributed by atoms with Gasteiger partial charge in [0.15, 0.2) is 0 Å². The molecule has 1 aromatic carbocycles. The fourth-order valence-corrected chi connectivity index (χ4v) is 2.33. The lowest BCUT2D eigenvalue weighted by Gasteiger charge is -2.14. The largest absolute Gasteiger partial charge is 0.351 e. The van der Waals surface area contributed by atoms with Gasteiger partial charge in [0.1, 0.15) is 0 Å². The quantitative estimate of drug-likeness (QED) is 0.835. The van der Waals surface area contributed by atoms with E-state index in [1.54, 1.807) is 0 Å². The van der Waals surface area contributed by atoms with Crippen LogP contribution in [0.3, 0.4) is 0 Å². The standard InChI is InChI=1S/C15H22N2O/c1-10(2)8-13(16)15(18)17-14-9-12(14)11-6-4-3-5-7-11/h3-7,10,12-14H,8-9,16H2,1-2H3,(H,17,18)/t12?,13-,14?/m0/s1. The number of nitrogens with two attached hydrogens (primary N) is 1. The van der Waals surface area contributed by atoms with E-state index >= 15 is 0 Å². The first-order chi connectivity index (χ1) is 8.58. The number of carbonyl (C=O) groups is 1. The Morgan fingerprint density at radius 3 is 2.67 bits per heavy atom. The van der Waals surface area contributed by atoms with Gasteiger partial charge < -0.3 is 11.1 Å². The van der Waals surface area contributed by atoms with E-state index < -0.39 is 0 Å². The van der Waals surface area contributed by atoms with Crippen molar-refractivity contribution in [3.05, 3.63) is 35.9 Å². The molecule has 1 aromatic rings. The number of hydrogen-bond donors (Lipinski definition) is 2. The third-order valence-electron chi connectivity index (χ3n) is 3.41. The van der Waals surface area contributed by atoms with Gasteiger partial charge in [-0.25, -0.2) is 0 Å². The fourth-order valence-electron chi connectivity index (χ4n) is 2.33. The van der Waals surface area contributed by atoms with Gasteiger partial charge in [-0.2, -0.15) is 0 Å². The van der Waals surface area contributed by atoms with Gasteiger partial charge in [-0.15, -0.1) is 0 Å². The molecule has 0 bridgehead atoms. The van der Waals surface area contributed by atoms with Crippen molar-refractivity contribution in [1.82, 2.24) is 5.32 Å². The van der Waals surface area contributed by atoms with Crippen LogP contribution in [0.25, 0.3) is 0 Å². The second-order valence-electron chi connectivity index (χ2n) is 5.60. The Kier molecular flexibility index (Phi) is 4.02. The van der Waals surface area contributed by atoms with Gasteiger partial charge in [-0.1, -0.05) is 44.2 Å². The van der Waals surface area contributed by atoms with Crippen LogP contribution in [0.1, 0.15) is 38.2 Å². The summed E-state index contributed by atoms with van der Waals surface area (Å²) in [6, 6.07) is 10.2. The molecule has 0 aromatic heterocycles. The van der Waals surface area contributed by atoms with Crippen molar-refractivity contribution in [2.24, 2.45) is 11.7 Å². The molecule has 2 unspecified atom stereocenters. The molecule has 3 atom stereocenters. The molecule has 2 rings (SSSR count). The lowest BCUT2D eigenvalue weighted by molar-refractivity contribution is -0.122. The van der Waals surface area contributed by atoms with Gasteiger partial charge in [0.25, 0.3) is 0 Å². The molecule has 0 aliphatic heterocycles. The zero-order valence-electron chi connectivity index (χ0n) is 11.1. The molecule has 3 N–H and O–H groups in total. The van der Waals surface area contributed by atoms with Gasteiger partial charge >= 0.3 is 0 Å². The highest BCUT2D eigenvalue weighted by Crippen LogP contribution is 2.40. The second kappa shape index (κ2) is 5.53. The minimum absolute atomic E-state index is 0.00729. The van der Waals surface area contributed by atoms with Crippen LogP contribution >= 0.6 is 0 Å². The molecule has 1 fully saturated rings. The molecule has 0 heterocycles. The van der Waals surface area contributed by atoms with Crippen LogP contribution in [0, 0.1) is 5.92 Å². The number of amides is 1. The van der Waals surface area contributed by atoms with E-state index in [0.717, 1.165) is 12.8 Å². The molecule has 18 heavy (non-hydrogen) atoms. The zero-order chi connectivity index (χ0) is 13.1. The van der Waals surface area contributed by atoms with Crippen molar-refractivity contribution in [1.29, 1.82) is 0 Å². The van der Waals surface area contributed by atoms with E-state index in [0.29, 0.717) is 11.8 Å². The predicted octanol–water partition coefficient (Wildman–Crippen LogP) is 2.03. The monoisotopic (exact) mass is 246 g/mol. The molecule has 0 spiro atoms. The summed E-state index contributed by atoms with van der Waals surface area (Å²) in [5.41, 5.74) is 7.17. The molecule has 3 nitrogen and oxygen atoms in total. The van der Waals surface area contributed by atoms with Crippen LogP contribution in [0.2, 0.25) is 0 Å². The predicted molar refractivity (Wildman–Crippen MR) is 73.2 cm³/mol. The molecule has 1 aliphatic carbocycles. The van der Waals surface area contributed by atoms with Gasteiger partial charge in [-0.05, 0) is 24.3 Å². The summed E-state index contributed by atoms with van der Waals surface area (Å²) in [7, 11) is 0. The van der Waals surface area contributed by atoms with Gasteiger partial charge in [0.05, 0.1) is 6.04 Å². The molecule has 0 radical (unpaired) electrons. The summed E-state index contributed by atoms with van der Waals surface area (Å²) < 4.78 is 0. The lowest BCUT2D eigenvalue weighted by atomic mass is 10.0. The molecule has 1 saturated carbocycles. The Hall–Kier alpha value is -1.35. The van der Waals surface area contributed by atoms with E-state index in [1.165, 1.54) is 5.56 Å². The first-order valence-electron chi connectivity index (χ1n) is 6.69. The maximum atomic E-state index is 11.9. The molecular weight excluding hydrogens is 224 g/mol. The van der Waals surface area contributed by atoms with Gasteiger partial charge in [0.2, 0.25) is 5.91 Å². The summed E-state index contributed by atoms with van der Waals surface area (Å²) in [5, 5.41) is 3.04. The molecule has 0 saturated heterocycles. The van der Waals surface area contributed by atoms with Crippen molar-refractivity contribution in [2.75, 3.05) is 0 Å². The van der Waals surface area contributed by atoms with E-state index in [4.69, 9.17) is 5.73 Å². The van der Waals surface area contributed by atoms with E-state index in [9.17, 15) is 4.79 Å². The van der Waals surface area contributed by atoms with Crippen LogP contribution in [-0.4, -0.2) is 18.0 Å². The number of rotatable bonds is 5. The second-order valence-corrected chi connectivity index (χ2v) is 5.60. The summed E-state index contributed by atoms with van der Waals surface area (Å²) in [5.74, 6) is 0.920. The fraction of sp³-hybridized carbons (Fsp3) is 0.533. The van der Waals surface area contributed by atoms with Gasteiger partial charge in [-0.3, -0.25) is 4.79 Å². The first kappa shape index (κ1) is 13.1. The topological polar surface area (TPSA) is 55.1 Å². The minimum Gasteiger partial charge on any atom is -0.351 e. The Balaban J connectivity index is 1.81. The highest BCUT2D eigenvalue weighted by atomic mass is 16.2. The van der Waals surface area contributed by atoms with E-state index in [-0.39, 0.29) is 18.0 Å². The lowest BCUT2D eigenvalue weighted by Crippen LogP contribution is -2.42. The third-order valence-corrected chi connectivity index (χ3v) is 3.41. The highest BCUT2D eigenvalue weighted by Gasteiger charge is 2.39. The highest BCUT2D eigenvalue weighted by molar-refractivity contribution is 5.82. The molecular formula is C15H22N2O. The van der Waals surface area contributed by atoms with Crippen molar-refractivity contribution in [3.63, 3.8) is 0 Å². The smallest absolute Gasteiger partial charge is 0.237 e. The first-order valence-corrected chi connectivity index (χ1v) is 6.69. The maximum absolute atomic E-state index is 11.9. The zero-order valence-corrected chi connectivity index (χ0v) is 11.1. The van der Waals surface area contributed by atoms with Crippen LogP contribution in [-0.2, 0) is 4.79 Å². The summed E-state index contributed by atoms with van der Waals surface area (Å²) in [4.78, 5) is 11.9. The molecule has 1 aliphatic rings. The van der Waals surface area contributed by atoms with Crippen LogP contribution in [0.15, 0.2) is 30.3 Å². The SMILES string of the molecule is CC(C)C[C@H](N)C(=O)NC1CC1c1ccccc1. The summed E-state index contributed by atoms with van der Waals surface area (Å²) in [6.45, 7) is 4.16. The molecule has 98 valence electrons. The van der Waals surface area contributed by atoms with Crippen LogP contribution < -0.4 is 11.1 Å². The summed E-state index contributed by atoms with van der Waals surface area (Å²) >= 11 is 0. The van der Waals surface area contributed by atoms with Crippen LogP contribution in [0.5, 0.6) is 0 Å². The Morgan fingerprint density at radius 2 is 2.06 bits per heavy atom. The van der Waals surface area contributed by atoms with Crippen LogP contribution in [0.4, 0.5) is 0 Å². The molecule has 1 amide bonds. The molecule has 3 heteroatoms. The van der Waals surface area contributed by atoms with Gasteiger partial charge in [0, 0.05) is 12.0 Å². The maximum Gasteiger partial charge on any atom is 0.237 e. The van der Waals surface area contributed by atoms with Crippen molar-refractivity contribution in [2.45, 2.75) is 44.7 Å². The number of benzene rings is 1. The Bertz CT molecular complexity index is 402. The number of hydrogen-bond acceptors (Lipinski definition) is 2. The minimum atomic E-state index is -0.373. The average molecular weight is 246 g/mol. The average Bonchev–Trinajstić information content (AvgIpc) is 3.08. The van der Waals surface area contributed by atoms with Crippen molar-refractivity contribution < 1.29 is 4.79 Å². The normalized spacial score (nSPS) is 23.8. The Morgan fingerprint density at radius 1 is 1.39 bits per heavy atom. The number of carbonyl (C=O) groups excluding carboxylic acids is 1. The van der Waals surface area contributed by atoms with E-state index in [1.807, 2.05) is 18.2 Å². The number of nitrogens with one attached hydrogen (secondary N) is 1. The summed E-state index contributed by atoms with van der Waals surface area (Å²) in [6.07, 6.45) is 1.78.